The molecule has 0 radical (unpaired) electrons. The van der Waals surface area contributed by atoms with E-state index in [0.29, 0.717) is 31.4 Å². The van der Waals surface area contributed by atoms with Crippen molar-refractivity contribution in [2.75, 3.05) is 49.6 Å². The largest absolute Gasteiger partial charge is 0.486 e. The molecule has 1 saturated heterocycles. The van der Waals surface area contributed by atoms with Gasteiger partial charge < -0.3 is 19.7 Å². The summed E-state index contributed by atoms with van der Waals surface area (Å²) in [6.07, 6.45) is 0.301. The number of amides is 1. The summed E-state index contributed by atoms with van der Waals surface area (Å²) in [7, 11) is 0. The molecule has 0 aromatic heterocycles. The van der Waals surface area contributed by atoms with E-state index in [-0.39, 0.29) is 5.91 Å². The van der Waals surface area contributed by atoms with Gasteiger partial charge in [-0.1, -0.05) is 6.07 Å². The molecule has 2 aromatic rings. The minimum Gasteiger partial charge on any atom is -0.486 e. The molecule has 2 aromatic carbocycles. The highest BCUT2D eigenvalue weighted by Crippen LogP contribution is 2.31. The molecule has 2 heterocycles. The molecule has 0 spiro atoms. The molecule has 0 aliphatic carbocycles. The molecule has 0 saturated carbocycles. The molecule has 29 heavy (non-hydrogen) atoms. The summed E-state index contributed by atoms with van der Waals surface area (Å²) >= 11 is 0. The zero-order valence-corrected chi connectivity index (χ0v) is 17.2. The van der Waals surface area contributed by atoms with Gasteiger partial charge in [0.15, 0.2) is 11.5 Å². The number of benzene rings is 2. The van der Waals surface area contributed by atoms with Gasteiger partial charge in [-0.05, 0) is 55.8 Å². The SMILES string of the molecule is CC(C)N1CCN(c2ccc(NC(=O)Cc3ccc4c(c3)OCCO4)cc2)CC1. The number of nitrogens with zero attached hydrogens (tertiary/aromatic N) is 2. The highest BCUT2D eigenvalue weighted by molar-refractivity contribution is 5.92. The van der Waals surface area contributed by atoms with Crippen LogP contribution in [0.3, 0.4) is 0 Å². The first-order valence-electron chi connectivity index (χ1n) is 10.4. The molecular weight excluding hydrogens is 366 g/mol. The molecule has 6 nitrogen and oxygen atoms in total. The molecule has 0 bridgehead atoms. The molecule has 4 rings (SSSR count). The average Bonchev–Trinajstić information content (AvgIpc) is 2.74. The van der Waals surface area contributed by atoms with Crippen LogP contribution in [0.1, 0.15) is 19.4 Å². The Morgan fingerprint density at radius 2 is 1.66 bits per heavy atom. The van der Waals surface area contributed by atoms with E-state index in [2.05, 4.69) is 41.1 Å². The second-order valence-corrected chi connectivity index (χ2v) is 7.87. The molecule has 6 heteroatoms. The fraction of sp³-hybridized carbons (Fsp3) is 0.435. The molecule has 0 atom stereocenters. The molecular formula is C23H29N3O3. The lowest BCUT2D eigenvalue weighted by molar-refractivity contribution is -0.115. The zero-order valence-electron chi connectivity index (χ0n) is 17.2. The second-order valence-electron chi connectivity index (χ2n) is 7.87. The van der Waals surface area contributed by atoms with Crippen LogP contribution in [0.5, 0.6) is 11.5 Å². The fourth-order valence-corrected chi connectivity index (χ4v) is 3.84. The Bertz CT molecular complexity index is 843. The summed E-state index contributed by atoms with van der Waals surface area (Å²) in [5.74, 6) is 1.41. The van der Waals surface area contributed by atoms with Gasteiger partial charge in [0.2, 0.25) is 5.91 Å². The van der Waals surface area contributed by atoms with Gasteiger partial charge >= 0.3 is 0 Å². The van der Waals surface area contributed by atoms with Crippen molar-refractivity contribution in [1.29, 1.82) is 0 Å². The second kappa shape index (κ2) is 8.74. The van der Waals surface area contributed by atoms with E-state index >= 15 is 0 Å². The summed E-state index contributed by atoms with van der Waals surface area (Å²) in [6, 6.07) is 14.4. The van der Waals surface area contributed by atoms with Crippen LogP contribution in [0, 0.1) is 0 Å². The van der Waals surface area contributed by atoms with Crippen LogP contribution in [0.4, 0.5) is 11.4 Å². The first-order chi connectivity index (χ1) is 14.1. The third kappa shape index (κ3) is 4.82. The highest BCUT2D eigenvalue weighted by atomic mass is 16.6. The quantitative estimate of drug-likeness (QED) is 0.843. The lowest BCUT2D eigenvalue weighted by Gasteiger charge is -2.38. The lowest BCUT2D eigenvalue weighted by Crippen LogP contribution is -2.48. The number of anilines is 2. The summed E-state index contributed by atoms with van der Waals surface area (Å²) in [5, 5.41) is 2.98. The summed E-state index contributed by atoms with van der Waals surface area (Å²) in [5.41, 5.74) is 2.93. The van der Waals surface area contributed by atoms with Crippen molar-refractivity contribution in [3.8, 4) is 11.5 Å². The van der Waals surface area contributed by atoms with Crippen molar-refractivity contribution in [1.82, 2.24) is 4.90 Å². The van der Waals surface area contributed by atoms with Gasteiger partial charge in [-0.3, -0.25) is 9.69 Å². The maximum absolute atomic E-state index is 12.4. The molecule has 1 amide bonds. The van der Waals surface area contributed by atoms with Crippen LogP contribution < -0.4 is 19.7 Å². The number of hydrogen-bond donors (Lipinski definition) is 1. The van der Waals surface area contributed by atoms with Gasteiger partial charge in [0.25, 0.3) is 0 Å². The summed E-state index contributed by atoms with van der Waals surface area (Å²) in [6.45, 7) is 9.85. The molecule has 2 aliphatic rings. The van der Waals surface area contributed by atoms with Gasteiger partial charge in [-0.2, -0.15) is 0 Å². The molecule has 154 valence electrons. The van der Waals surface area contributed by atoms with Gasteiger partial charge in [0, 0.05) is 43.6 Å². The van der Waals surface area contributed by atoms with Crippen molar-refractivity contribution >= 4 is 17.3 Å². The van der Waals surface area contributed by atoms with Crippen molar-refractivity contribution in [2.24, 2.45) is 0 Å². The molecule has 1 fully saturated rings. The van der Waals surface area contributed by atoms with Gasteiger partial charge in [0.1, 0.15) is 13.2 Å². The minimum atomic E-state index is -0.0417. The van der Waals surface area contributed by atoms with E-state index in [4.69, 9.17) is 9.47 Å². The number of ether oxygens (including phenoxy) is 2. The average molecular weight is 396 g/mol. The van der Waals surface area contributed by atoms with Crippen LogP contribution in [-0.4, -0.2) is 56.2 Å². The third-order valence-electron chi connectivity index (χ3n) is 5.53. The Morgan fingerprint density at radius 1 is 0.966 bits per heavy atom. The van der Waals surface area contributed by atoms with Gasteiger partial charge in [-0.15, -0.1) is 0 Å². The van der Waals surface area contributed by atoms with E-state index in [0.717, 1.165) is 43.2 Å². The Morgan fingerprint density at radius 3 is 2.34 bits per heavy atom. The summed E-state index contributed by atoms with van der Waals surface area (Å²) < 4.78 is 11.1. The van der Waals surface area contributed by atoms with Gasteiger partial charge in [0.05, 0.1) is 6.42 Å². The predicted molar refractivity (Wildman–Crippen MR) is 115 cm³/mol. The van der Waals surface area contributed by atoms with E-state index < -0.39 is 0 Å². The first kappa shape index (κ1) is 19.6. The number of rotatable bonds is 5. The van der Waals surface area contributed by atoms with E-state index in [1.165, 1.54) is 5.69 Å². The van der Waals surface area contributed by atoms with Crippen molar-refractivity contribution in [3.63, 3.8) is 0 Å². The topological polar surface area (TPSA) is 54.0 Å². The maximum Gasteiger partial charge on any atom is 0.228 e. The molecule has 2 aliphatic heterocycles. The normalized spacial score (nSPS) is 16.7. The number of nitrogens with one attached hydrogen (secondary N) is 1. The van der Waals surface area contributed by atoms with Crippen LogP contribution in [0.15, 0.2) is 42.5 Å². The van der Waals surface area contributed by atoms with Crippen molar-refractivity contribution in [2.45, 2.75) is 26.3 Å². The number of carbonyl (C=O) groups excluding carboxylic acids is 1. The van der Waals surface area contributed by atoms with Crippen molar-refractivity contribution < 1.29 is 14.3 Å². The summed E-state index contributed by atoms with van der Waals surface area (Å²) in [4.78, 5) is 17.3. The number of fused-ring (bicyclic) bond motifs is 1. The molecule has 0 unspecified atom stereocenters. The smallest absolute Gasteiger partial charge is 0.228 e. The monoisotopic (exact) mass is 395 g/mol. The Labute approximate surface area is 172 Å². The van der Waals surface area contributed by atoms with Crippen LogP contribution in [0.25, 0.3) is 0 Å². The number of piperazine rings is 1. The maximum atomic E-state index is 12.4. The number of carbonyl (C=O) groups is 1. The predicted octanol–water partition coefficient (Wildman–Crippen LogP) is 3.17. The lowest BCUT2D eigenvalue weighted by atomic mass is 10.1. The van der Waals surface area contributed by atoms with Crippen LogP contribution in [-0.2, 0) is 11.2 Å². The van der Waals surface area contributed by atoms with Crippen LogP contribution in [0.2, 0.25) is 0 Å². The highest BCUT2D eigenvalue weighted by Gasteiger charge is 2.19. The Hall–Kier alpha value is -2.73. The zero-order chi connectivity index (χ0) is 20.2. The minimum absolute atomic E-state index is 0.0417. The Kier molecular flexibility index (Phi) is 5.90. The first-order valence-corrected chi connectivity index (χ1v) is 10.4. The molecule has 1 N–H and O–H groups in total. The standard InChI is InChI=1S/C23H29N3O3/c1-17(2)25-9-11-26(12-10-25)20-6-4-19(5-7-20)24-23(27)16-18-3-8-21-22(15-18)29-14-13-28-21/h3-8,15,17H,9-14,16H2,1-2H3,(H,24,27). The van der Waals surface area contributed by atoms with E-state index in [1.807, 2.05) is 30.3 Å². The third-order valence-corrected chi connectivity index (χ3v) is 5.53. The van der Waals surface area contributed by atoms with Crippen molar-refractivity contribution in [3.05, 3.63) is 48.0 Å². The van der Waals surface area contributed by atoms with E-state index in [1.54, 1.807) is 0 Å². The Balaban J connectivity index is 1.31. The van der Waals surface area contributed by atoms with E-state index in [9.17, 15) is 4.79 Å². The number of hydrogen-bond acceptors (Lipinski definition) is 5. The van der Waals surface area contributed by atoms with Gasteiger partial charge in [-0.25, -0.2) is 0 Å². The van der Waals surface area contributed by atoms with Crippen LogP contribution >= 0.6 is 0 Å². The fourth-order valence-electron chi connectivity index (χ4n) is 3.84.